The van der Waals surface area contributed by atoms with Crippen LogP contribution in [0.25, 0.3) is 0 Å². The molecule has 0 bridgehead atoms. The lowest BCUT2D eigenvalue weighted by molar-refractivity contribution is -0.131. The number of hydrogen-bond donors (Lipinski definition) is 3. The van der Waals surface area contributed by atoms with Gasteiger partial charge in [-0.2, -0.15) is 0 Å². The highest BCUT2D eigenvalue weighted by atomic mass is 16.3. The van der Waals surface area contributed by atoms with Gasteiger partial charge in [0.25, 0.3) is 5.91 Å². The van der Waals surface area contributed by atoms with E-state index in [1.165, 1.54) is 19.3 Å². The molecule has 0 saturated heterocycles. The highest BCUT2D eigenvalue weighted by molar-refractivity contribution is 5.82. The van der Waals surface area contributed by atoms with Crippen molar-refractivity contribution in [2.75, 3.05) is 0 Å². The Balaban J connectivity index is 1.30. The van der Waals surface area contributed by atoms with Gasteiger partial charge in [0, 0.05) is 18.5 Å². The van der Waals surface area contributed by atoms with Crippen molar-refractivity contribution in [1.82, 2.24) is 10.6 Å². The molecular formula is C22H30N2O3. The van der Waals surface area contributed by atoms with E-state index >= 15 is 0 Å². The number of hydrogen-bond acceptors (Lipinski definition) is 3. The van der Waals surface area contributed by atoms with Gasteiger partial charge in [0.2, 0.25) is 5.91 Å². The summed E-state index contributed by atoms with van der Waals surface area (Å²) in [4.78, 5) is 25.0. The van der Waals surface area contributed by atoms with Crippen LogP contribution in [0, 0.1) is 17.8 Å². The van der Waals surface area contributed by atoms with Crippen LogP contribution in [0.1, 0.15) is 63.0 Å². The summed E-state index contributed by atoms with van der Waals surface area (Å²) >= 11 is 0. The van der Waals surface area contributed by atoms with E-state index in [-0.39, 0.29) is 23.9 Å². The molecule has 1 aromatic rings. The molecule has 4 rings (SSSR count). The van der Waals surface area contributed by atoms with E-state index in [0.29, 0.717) is 17.9 Å². The van der Waals surface area contributed by atoms with Crippen LogP contribution in [0.5, 0.6) is 0 Å². The molecule has 2 unspecified atom stereocenters. The Morgan fingerprint density at radius 3 is 2.26 bits per heavy atom. The maximum Gasteiger partial charge on any atom is 0.253 e. The molecule has 0 spiro atoms. The number of carbonyl (C=O) groups excluding carboxylic acids is 2. The summed E-state index contributed by atoms with van der Waals surface area (Å²) < 4.78 is 0. The first-order valence-electron chi connectivity index (χ1n) is 10.4. The Morgan fingerprint density at radius 2 is 1.59 bits per heavy atom. The van der Waals surface area contributed by atoms with Crippen LogP contribution in [-0.2, 0) is 9.59 Å². The summed E-state index contributed by atoms with van der Waals surface area (Å²) in [6.07, 6.45) is 7.07. The highest BCUT2D eigenvalue weighted by Gasteiger charge is 2.46. The van der Waals surface area contributed by atoms with Gasteiger partial charge in [-0.1, -0.05) is 43.2 Å². The van der Waals surface area contributed by atoms with Crippen molar-refractivity contribution in [1.29, 1.82) is 0 Å². The van der Waals surface area contributed by atoms with Crippen LogP contribution in [0.4, 0.5) is 0 Å². The Morgan fingerprint density at radius 1 is 0.963 bits per heavy atom. The van der Waals surface area contributed by atoms with E-state index < -0.39 is 6.10 Å². The number of aliphatic hydroxyl groups excluding tert-OH is 1. The largest absolute Gasteiger partial charge is 0.378 e. The molecule has 3 fully saturated rings. The third kappa shape index (κ3) is 4.52. The van der Waals surface area contributed by atoms with E-state index in [2.05, 4.69) is 10.6 Å². The van der Waals surface area contributed by atoms with Gasteiger partial charge < -0.3 is 15.7 Å². The van der Waals surface area contributed by atoms with Crippen molar-refractivity contribution in [2.24, 2.45) is 17.8 Å². The van der Waals surface area contributed by atoms with E-state index in [4.69, 9.17) is 0 Å². The summed E-state index contributed by atoms with van der Waals surface area (Å²) in [5, 5.41) is 16.5. The molecule has 146 valence electrons. The Bertz CT molecular complexity index is 667. The minimum absolute atomic E-state index is 0.0332. The summed E-state index contributed by atoms with van der Waals surface area (Å²) in [6, 6.07) is 8.83. The van der Waals surface area contributed by atoms with Crippen molar-refractivity contribution in [3.05, 3.63) is 35.9 Å². The second kappa shape index (κ2) is 8.01. The maximum atomic E-state index is 12.5. The predicted molar refractivity (Wildman–Crippen MR) is 103 cm³/mol. The zero-order valence-electron chi connectivity index (χ0n) is 15.8. The molecular weight excluding hydrogens is 340 g/mol. The van der Waals surface area contributed by atoms with Crippen LogP contribution >= 0.6 is 0 Å². The lowest BCUT2D eigenvalue weighted by Gasteiger charge is -2.33. The normalized spacial score (nSPS) is 33.0. The minimum Gasteiger partial charge on any atom is -0.378 e. The van der Waals surface area contributed by atoms with Gasteiger partial charge in [-0.05, 0) is 55.4 Å². The fraction of sp³-hybridized carbons (Fsp3) is 0.636. The fourth-order valence-electron chi connectivity index (χ4n) is 5.06. The van der Waals surface area contributed by atoms with E-state index in [1.807, 2.05) is 18.2 Å². The molecule has 0 heterocycles. The predicted octanol–water partition coefficient (Wildman–Crippen LogP) is 2.70. The van der Waals surface area contributed by atoms with Crippen LogP contribution in [-0.4, -0.2) is 29.0 Å². The minimum atomic E-state index is -1.17. The number of rotatable bonds is 6. The molecule has 3 saturated carbocycles. The maximum absolute atomic E-state index is 12.5. The number of aliphatic hydroxyl groups is 1. The number of benzene rings is 1. The molecule has 0 aliphatic heterocycles. The lowest BCUT2D eigenvalue weighted by Crippen LogP contribution is -2.54. The highest BCUT2D eigenvalue weighted by Crippen LogP contribution is 2.55. The quantitative estimate of drug-likeness (QED) is 0.720. The standard InChI is InChI=1S/C22H30N2O3/c25-20(12-14-10-16-13-17(16)11-14)23-18-8-4-5-9-19(18)24-22(27)21(26)15-6-2-1-3-7-15/h1-3,6-7,14,16-19,21,26H,4-5,8-13H2,(H,23,25)(H,24,27)/t14?,16?,17?,18-,19-,21+/m0/s1. The number of fused-ring (bicyclic) bond motifs is 1. The smallest absolute Gasteiger partial charge is 0.253 e. The van der Waals surface area contributed by atoms with Gasteiger partial charge in [0.05, 0.1) is 0 Å². The van der Waals surface area contributed by atoms with Gasteiger partial charge >= 0.3 is 0 Å². The molecule has 5 heteroatoms. The Labute approximate surface area is 160 Å². The number of carbonyl (C=O) groups is 2. The Hall–Kier alpha value is -1.88. The second-order valence-electron chi connectivity index (χ2n) is 8.68. The summed E-state index contributed by atoms with van der Waals surface area (Å²) in [5.74, 6) is 2.07. The van der Waals surface area contributed by atoms with Gasteiger partial charge in [-0.25, -0.2) is 0 Å². The average molecular weight is 370 g/mol. The fourth-order valence-corrected chi connectivity index (χ4v) is 5.06. The SMILES string of the molecule is O=C(CC1CC2CC2C1)N[C@H]1CCCC[C@@H]1NC(=O)[C@H](O)c1ccccc1. The van der Waals surface area contributed by atoms with Crippen molar-refractivity contribution >= 4 is 11.8 Å². The van der Waals surface area contributed by atoms with Gasteiger partial charge in [-0.3, -0.25) is 9.59 Å². The number of nitrogens with one attached hydrogen (secondary N) is 2. The molecule has 3 aliphatic carbocycles. The third-order valence-electron chi connectivity index (χ3n) is 6.62. The number of amides is 2. The molecule has 1 aromatic carbocycles. The van der Waals surface area contributed by atoms with Crippen LogP contribution in [0.15, 0.2) is 30.3 Å². The van der Waals surface area contributed by atoms with Gasteiger partial charge in [0.1, 0.15) is 0 Å². The molecule has 5 nitrogen and oxygen atoms in total. The van der Waals surface area contributed by atoms with Crippen molar-refractivity contribution in [3.8, 4) is 0 Å². The first kappa shape index (κ1) is 18.5. The molecule has 3 aliphatic rings. The Kier molecular flexibility index (Phi) is 5.48. The second-order valence-corrected chi connectivity index (χ2v) is 8.68. The lowest BCUT2D eigenvalue weighted by atomic mass is 9.89. The van der Waals surface area contributed by atoms with Crippen LogP contribution in [0.2, 0.25) is 0 Å². The molecule has 0 radical (unpaired) electrons. The zero-order valence-corrected chi connectivity index (χ0v) is 15.8. The van der Waals surface area contributed by atoms with Crippen LogP contribution in [0.3, 0.4) is 0 Å². The van der Waals surface area contributed by atoms with Crippen LogP contribution < -0.4 is 10.6 Å². The van der Waals surface area contributed by atoms with Gasteiger partial charge in [0.15, 0.2) is 6.10 Å². The molecule has 5 atom stereocenters. The summed E-state index contributed by atoms with van der Waals surface area (Å²) in [5.41, 5.74) is 0.589. The monoisotopic (exact) mass is 370 g/mol. The average Bonchev–Trinajstić information content (AvgIpc) is 3.29. The summed E-state index contributed by atoms with van der Waals surface area (Å²) in [7, 11) is 0. The first-order valence-corrected chi connectivity index (χ1v) is 10.4. The topological polar surface area (TPSA) is 78.4 Å². The molecule has 27 heavy (non-hydrogen) atoms. The van der Waals surface area contributed by atoms with Gasteiger partial charge in [-0.15, -0.1) is 0 Å². The summed E-state index contributed by atoms with van der Waals surface area (Å²) in [6.45, 7) is 0. The van der Waals surface area contributed by atoms with E-state index in [9.17, 15) is 14.7 Å². The first-order chi connectivity index (χ1) is 13.1. The molecule has 3 N–H and O–H groups in total. The van der Waals surface area contributed by atoms with Crippen molar-refractivity contribution in [3.63, 3.8) is 0 Å². The van der Waals surface area contributed by atoms with E-state index in [0.717, 1.165) is 37.5 Å². The van der Waals surface area contributed by atoms with Crippen molar-refractivity contribution in [2.45, 2.75) is 69.6 Å². The molecule has 2 amide bonds. The zero-order chi connectivity index (χ0) is 18.8. The molecule has 0 aromatic heterocycles. The van der Waals surface area contributed by atoms with Crippen molar-refractivity contribution < 1.29 is 14.7 Å². The third-order valence-corrected chi connectivity index (χ3v) is 6.62. The van der Waals surface area contributed by atoms with E-state index in [1.54, 1.807) is 12.1 Å².